The lowest BCUT2D eigenvalue weighted by atomic mass is 9.70. The van der Waals surface area contributed by atoms with E-state index in [1.54, 1.807) is 6.07 Å². The predicted molar refractivity (Wildman–Crippen MR) is 122 cm³/mol. The van der Waals surface area contributed by atoms with Crippen LogP contribution in [0.3, 0.4) is 0 Å². The van der Waals surface area contributed by atoms with Crippen LogP contribution in [0.15, 0.2) is 30.3 Å². The smallest absolute Gasteiger partial charge is 0.195 e. The Balaban J connectivity index is 1.73. The fraction of sp³-hybridized carbons (Fsp3) is 0.385. The number of carbonyl (C=O) groups excluding carboxylic acids is 1. The van der Waals surface area contributed by atoms with Crippen LogP contribution in [0, 0.1) is 11.3 Å². The number of morpholine rings is 1. The second-order valence-electron chi connectivity index (χ2n) is 9.08. The molecule has 5 heteroatoms. The average Bonchev–Trinajstić information content (AvgIpc) is 3.18. The van der Waals surface area contributed by atoms with Crippen molar-refractivity contribution in [3.05, 3.63) is 63.8 Å². The molecule has 1 saturated heterocycles. The van der Waals surface area contributed by atoms with Gasteiger partial charge in [0.25, 0.3) is 0 Å². The summed E-state index contributed by atoms with van der Waals surface area (Å²) in [6.45, 7) is 9.76. The van der Waals surface area contributed by atoms with Gasteiger partial charge in [0.05, 0.1) is 30.4 Å². The summed E-state index contributed by atoms with van der Waals surface area (Å²) < 4.78 is 5.57. The van der Waals surface area contributed by atoms with E-state index >= 15 is 0 Å². The molecule has 1 aliphatic heterocycles. The first-order valence-corrected chi connectivity index (χ1v) is 11.1. The summed E-state index contributed by atoms with van der Waals surface area (Å²) >= 11 is 0. The lowest BCUT2D eigenvalue weighted by Gasteiger charge is -2.36. The van der Waals surface area contributed by atoms with Crippen LogP contribution in [0.1, 0.15) is 65.5 Å². The third-order valence-electron chi connectivity index (χ3n) is 6.79. The number of rotatable bonds is 3. The zero-order valence-electron chi connectivity index (χ0n) is 18.3. The van der Waals surface area contributed by atoms with Gasteiger partial charge in [-0.15, -0.1) is 0 Å². The van der Waals surface area contributed by atoms with E-state index in [0.717, 1.165) is 72.4 Å². The fourth-order valence-electron chi connectivity index (χ4n) is 5.15. The van der Waals surface area contributed by atoms with Gasteiger partial charge in [-0.05, 0) is 41.8 Å². The number of nitriles is 1. The van der Waals surface area contributed by atoms with Gasteiger partial charge in [-0.1, -0.05) is 33.3 Å². The van der Waals surface area contributed by atoms with E-state index in [2.05, 4.69) is 48.9 Å². The van der Waals surface area contributed by atoms with Crippen molar-refractivity contribution in [3.8, 4) is 6.07 Å². The van der Waals surface area contributed by atoms with Crippen LogP contribution in [-0.2, 0) is 16.6 Å². The maximum atomic E-state index is 13.8. The highest BCUT2D eigenvalue weighted by atomic mass is 16.5. The number of hydrogen-bond donors (Lipinski definition) is 1. The molecule has 0 bridgehead atoms. The topological polar surface area (TPSA) is 69.1 Å². The number of H-pyrrole nitrogens is 1. The van der Waals surface area contributed by atoms with Crippen molar-refractivity contribution in [2.24, 2.45) is 0 Å². The molecule has 2 heterocycles. The molecule has 1 fully saturated rings. The quantitative estimate of drug-likeness (QED) is 0.676. The van der Waals surface area contributed by atoms with Crippen LogP contribution in [0.25, 0.3) is 10.9 Å². The van der Waals surface area contributed by atoms with Crippen LogP contribution in [0.4, 0.5) is 5.69 Å². The number of aromatic amines is 1. The summed E-state index contributed by atoms with van der Waals surface area (Å²) in [6.07, 6.45) is 1.98. The van der Waals surface area contributed by atoms with Crippen molar-refractivity contribution in [3.63, 3.8) is 0 Å². The molecule has 1 aromatic heterocycles. The first kappa shape index (κ1) is 19.8. The van der Waals surface area contributed by atoms with Crippen LogP contribution in [-0.4, -0.2) is 37.1 Å². The van der Waals surface area contributed by atoms with Crippen molar-refractivity contribution >= 4 is 22.4 Å². The first-order chi connectivity index (χ1) is 15.0. The van der Waals surface area contributed by atoms with E-state index in [-0.39, 0.29) is 11.2 Å². The number of fused-ring (bicyclic) bond motifs is 4. The van der Waals surface area contributed by atoms with Gasteiger partial charge in [0.15, 0.2) is 5.78 Å². The number of aryl methyl sites for hydroxylation is 1. The minimum atomic E-state index is -0.351. The first-order valence-electron chi connectivity index (χ1n) is 11.1. The Morgan fingerprint density at radius 1 is 1.19 bits per heavy atom. The number of nitrogens with one attached hydrogen (secondary N) is 1. The number of nitrogens with zero attached hydrogens (tertiary/aromatic N) is 2. The molecular weight excluding hydrogens is 386 g/mol. The second-order valence-corrected chi connectivity index (χ2v) is 9.08. The lowest BCUT2D eigenvalue weighted by Crippen LogP contribution is -2.38. The molecule has 0 radical (unpaired) electrons. The molecule has 0 atom stereocenters. The van der Waals surface area contributed by atoms with Crippen molar-refractivity contribution in [1.29, 1.82) is 5.26 Å². The Bertz CT molecular complexity index is 1240. The van der Waals surface area contributed by atoms with Crippen molar-refractivity contribution in [1.82, 2.24) is 4.98 Å². The van der Waals surface area contributed by atoms with Crippen molar-refractivity contribution in [2.45, 2.75) is 39.0 Å². The van der Waals surface area contributed by atoms with Gasteiger partial charge in [0.1, 0.15) is 0 Å². The molecule has 1 N–H and O–H groups in total. The Kier molecular flexibility index (Phi) is 4.64. The second kappa shape index (κ2) is 7.25. The highest BCUT2D eigenvalue weighted by Gasteiger charge is 2.40. The third kappa shape index (κ3) is 2.97. The minimum Gasteiger partial charge on any atom is -0.378 e. The molecule has 0 spiro atoms. The zero-order chi connectivity index (χ0) is 21.8. The van der Waals surface area contributed by atoms with Crippen LogP contribution >= 0.6 is 0 Å². The monoisotopic (exact) mass is 413 g/mol. The van der Waals surface area contributed by atoms with Gasteiger partial charge in [-0.3, -0.25) is 4.79 Å². The SMILES string of the molecule is CCCc1cc2c(cc1N1CCOCC1)C(C)(C)c1[nH]c3cc(C#N)ccc3c1C2=O. The van der Waals surface area contributed by atoms with E-state index < -0.39 is 0 Å². The van der Waals surface area contributed by atoms with Gasteiger partial charge in [-0.25, -0.2) is 0 Å². The van der Waals surface area contributed by atoms with Crippen molar-refractivity contribution in [2.75, 3.05) is 31.2 Å². The molecule has 158 valence electrons. The van der Waals surface area contributed by atoms with E-state index in [0.29, 0.717) is 5.56 Å². The van der Waals surface area contributed by atoms with Crippen molar-refractivity contribution < 1.29 is 9.53 Å². The Labute approximate surface area is 182 Å². The Hall–Kier alpha value is -3.10. The van der Waals surface area contributed by atoms with E-state index in [9.17, 15) is 10.1 Å². The van der Waals surface area contributed by atoms with E-state index in [1.165, 1.54) is 11.3 Å². The van der Waals surface area contributed by atoms with Gasteiger partial charge in [0, 0.05) is 46.4 Å². The Morgan fingerprint density at radius 3 is 2.68 bits per heavy atom. The molecule has 0 unspecified atom stereocenters. The zero-order valence-corrected chi connectivity index (χ0v) is 18.3. The molecule has 5 nitrogen and oxygen atoms in total. The normalized spacial score (nSPS) is 17.4. The Morgan fingerprint density at radius 2 is 1.97 bits per heavy atom. The van der Waals surface area contributed by atoms with Gasteiger partial charge in [-0.2, -0.15) is 5.26 Å². The number of carbonyl (C=O) groups is 1. The average molecular weight is 414 g/mol. The van der Waals surface area contributed by atoms with Gasteiger partial charge in [0.2, 0.25) is 0 Å². The number of hydrogen-bond acceptors (Lipinski definition) is 4. The number of anilines is 1. The number of benzene rings is 2. The molecule has 0 amide bonds. The van der Waals surface area contributed by atoms with Gasteiger partial charge < -0.3 is 14.6 Å². The van der Waals surface area contributed by atoms with Gasteiger partial charge >= 0.3 is 0 Å². The molecule has 0 saturated carbocycles. The summed E-state index contributed by atoms with van der Waals surface area (Å²) in [4.78, 5) is 19.6. The molecule has 1 aliphatic carbocycles. The molecule has 2 aromatic carbocycles. The maximum Gasteiger partial charge on any atom is 0.195 e. The molecular formula is C26H27N3O2. The number of ketones is 1. The maximum absolute atomic E-state index is 13.8. The molecule has 31 heavy (non-hydrogen) atoms. The third-order valence-corrected chi connectivity index (χ3v) is 6.79. The fourth-order valence-corrected chi connectivity index (χ4v) is 5.15. The predicted octanol–water partition coefficient (Wildman–Crippen LogP) is 4.70. The highest BCUT2D eigenvalue weighted by molar-refractivity contribution is 6.20. The summed E-state index contributed by atoms with van der Waals surface area (Å²) in [5, 5.41) is 10.2. The summed E-state index contributed by atoms with van der Waals surface area (Å²) in [6, 6.07) is 12.1. The summed E-state index contributed by atoms with van der Waals surface area (Å²) in [7, 11) is 0. The van der Waals surface area contributed by atoms with Crippen LogP contribution < -0.4 is 4.90 Å². The number of aromatic nitrogens is 1. The minimum absolute atomic E-state index is 0.0752. The summed E-state index contributed by atoms with van der Waals surface area (Å²) in [5.74, 6) is 0.0752. The number of ether oxygens (including phenoxy) is 1. The standard InChI is InChI=1S/C26H27N3O2/c1-4-5-17-13-19-20(14-22(17)29-8-10-31-11-9-29)26(2,3)25-23(24(19)30)18-7-6-16(15-27)12-21(18)28-25/h6-7,12-14,28H,4-5,8-11H2,1-3H3. The highest BCUT2D eigenvalue weighted by Crippen LogP contribution is 2.45. The van der Waals surface area contributed by atoms with Crippen LogP contribution in [0.5, 0.6) is 0 Å². The molecule has 5 rings (SSSR count). The molecule has 3 aromatic rings. The lowest BCUT2D eigenvalue weighted by molar-refractivity contribution is 0.103. The van der Waals surface area contributed by atoms with Crippen LogP contribution in [0.2, 0.25) is 0 Å². The largest absolute Gasteiger partial charge is 0.378 e. The molecule has 2 aliphatic rings. The van der Waals surface area contributed by atoms with E-state index in [1.807, 2.05) is 12.1 Å². The summed E-state index contributed by atoms with van der Waals surface area (Å²) in [5.41, 5.74) is 7.12. The van der Waals surface area contributed by atoms with E-state index in [4.69, 9.17) is 4.74 Å².